The van der Waals surface area contributed by atoms with E-state index in [0.717, 1.165) is 16.5 Å². The standard InChI is InChI=1S/C14H24O4Si/c1-6-16-19(17-7-2,18-8-3)13-11-9-10-12(4)14(13)15-5/h9-11H,6-8H2,1-5H3. The molecule has 0 aliphatic heterocycles. The van der Waals surface area contributed by atoms with E-state index in [2.05, 4.69) is 0 Å². The zero-order valence-corrected chi connectivity index (χ0v) is 13.5. The van der Waals surface area contributed by atoms with E-state index in [4.69, 9.17) is 18.0 Å². The molecule has 1 aromatic carbocycles. The van der Waals surface area contributed by atoms with Crippen molar-refractivity contribution in [2.24, 2.45) is 0 Å². The molecule has 19 heavy (non-hydrogen) atoms. The van der Waals surface area contributed by atoms with Crippen LogP contribution in [0, 0.1) is 6.92 Å². The second-order valence-corrected chi connectivity index (χ2v) is 6.53. The summed E-state index contributed by atoms with van der Waals surface area (Å²) in [5, 5.41) is 0.903. The van der Waals surface area contributed by atoms with Crippen molar-refractivity contribution < 1.29 is 18.0 Å². The van der Waals surface area contributed by atoms with Gasteiger partial charge in [0.05, 0.1) is 12.3 Å². The van der Waals surface area contributed by atoms with Gasteiger partial charge in [-0.05, 0) is 33.3 Å². The van der Waals surface area contributed by atoms with E-state index in [9.17, 15) is 0 Å². The van der Waals surface area contributed by atoms with E-state index in [0.29, 0.717) is 19.8 Å². The van der Waals surface area contributed by atoms with E-state index in [1.165, 1.54) is 0 Å². The maximum Gasteiger partial charge on any atom is 0.541 e. The number of benzene rings is 1. The summed E-state index contributed by atoms with van der Waals surface area (Å²) < 4.78 is 23.2. The Bertz CT molecular complexity index is 378. The van der Waals surface area contributed by atoms with Gasteiger partial charge in [-0.2, -0.15) is 0 Å². The number of hydrogen-bond donors (Lipinski definition) is 0. The van der Waals surface area contributed by atoms with Crippen LogP contribution in [0.15, 0.2) is 18.2 Å². The molecule has 1 aromatic rings. The summed E-state index contributed by atoms with van der Waals surface area (Å²) in [7, 11) is -1.23. The Morgan fingerprint density at radius 2 is 1.47 bits per heavy atom. The van der Waals surface area contributed by atoms with Crippen LogP contribution in [0.3, 0.4) is 0 Å². The normalized spacial score (nSPS) is 11.6. The summed E-state index contributed by atoms with van der Waals surface area (Å²) in [5.74, 6) is 0.796. The van der Waals surface area contributed by atoms with Gasteiger partial charge >= 0.3 is 8.80 Å². The highest BCUT2D eigenvalue weighted by Crippen LogP contribution is 2.21. The lowest BCUT2D eigenvalue weighted by atomic mass is 10.2. The van der Waals surface area contributed by atoms with E-state index >= 15 is 0 Å². The SMILES string of the molecule is CCO[Si](OCC)(OCC)c1cccc(C)c1OC. The largest absolute Gasteiger partial charge is 0.541 e. The van der Waals surface area contributed by atoms with Gasteiger partial charge in [0.1, 0.15) is 5.75 Å². The number of rotatable bonds is 8. The molecule has 0 radical (unpaired) electrons. The minimum Gasteiger partial charge on any atom is -0.496 e. The highest BCUT2D eigenvalue weighted by molar-refractivity contribution is 6.76. The molecule has 5 heteroatoms. The highest BCUT2D eigenvalue weighted by Gasteiger charge is 2.45. The number of methoxy groups -OCH3 is 1. The zero-order valence-electron chi connectivity index (χ0n) is 12.5. The smallest absolute Gasteiger partial charge is 0.496 e. The highest BCUT2D eigenvalue weighted by atomic mass is 28.4. The van der Waals surface area contributed by atoms with Gasteiger partial charge in [-0.3, -0.25) is 0 Å². The van der Waals surface area contributed by atoms with E-state index < -0.39 is 8.80 Å². The summed E-state index contributed by atoms with van der Waals surface area (Å²) >= 11 is 0. The monoisotopic (exact) mass is 284 g/mol. The predicted molar refractivity (Wildman–Crippen MR) is 78.0 cm³/mol. The Morgan fingerprint density at radius 3 is 1.89 bits per heavy atom. The van der Waals surface area contributed by atoms with Gasteiger partial charge in [0.25, 0.3) is 0 Å². The van der Waals surface area contributed by atoms with Crippen LogP contribution in [0.1, 0.15) is 26.3 Å². The van der Waals surface area contributed by atoms with Crippen molar-refractivity contribution in [1.82, 2.24) is 0 Å². The first-order chi connectivity index (χ1) is 9.15. The third-order valence-electron chi connectivity index (χ3n) is 2.75. The van der Waals surface area contributed by atoms with Gasteiger partial charge in [0.15, 0.2) is 0 Å². The fraction of sp³-hybridized carbons (Fsp3) is 0.571. The Labute approximate surface area is 117 Å². The quantitative estimate of drug-likeness (QED) is 0.686. The Balaban J connectivity index is 3.33. The molecule has 0 aromatic heterocycles. The molecule has 0 saturated carbocycles. The second kappa shape index (κ2) is 7.64. The van der Waals surface area contributed by atoms with Gasteiger partial charge < -0.3 is 18.0 Å². The van der Waals surface area contributed by atoms with Gasteiger partial charge in [-0.1, -0.05) is 18.2 Å². The average Bonchev–Trinajstić information content (AvgIpc) is 2.39. The summed E-state index contributed by atoms with van der Waals surface area (Å²) in [5.41, 5.74) is 1.05. The van der Waals surface area contributed by atoms with E-state index in [1.54, 1.807) is 7.11 Å². The molecule has 0 unspecified atom stereocenters. The lowest BCUT2D eigenvalue weighted by Gasteiger charge is -2.30. The number of para-hydroxylation sites is 1. The van der Waals surface area contributed by atoms with Gasteiger partial charge in [0.2, 0.25) is 0 Å². The van der Waals surface area contributed by atoms with Crippen molar-refractivity contribution in [1.29, 1.82) is 0 Å². The molecule has 108 valence electrons. The molecule has 4 nitrogen and oxygen atoms in total. The molecule has 1 rings (SSSR count). The third-order valence-corrected chi connectivity index (χ3v) is 5.81. The second-order valence-electron chi connectivity index (χ2n) is 4.01. The summed E-state index contributed by atoms with van der Waals surface area (Å²) in [6, 6.07) is 5.95. The third kappa shape index (κ3) is 3.57. The fourth-order valence-electron chi connectivity index (χ4n) is 2.09. The Kier molecular flexibility index (Phi) is 6.51. The molecule has 0 spiro atoms. The van der Waals surface area contributed by atoms with Crippen LogP contribution in [-0.2, 0) is 13.3 Å². The Hall–Kier alpha value is -0.883. The number of hydrogen-bond acceptors (Lipinski definition) is 4. The lowest BCUT2D eigenvalue weighted by Crippen LogP contribution is -2.57. The van der Waals surface area contributed by atoms with Crippen LogP contribution in [0.5, 0.6) is 5.75 Å². The van der Waals surface area contributed by atoms with Crippen LogP contribution in [0.4, 0.5) is 0 Å². The predicted octanol–water partition coefficient (Wildman–Crippen LogP) is 2.26. The molecular weight excluding hydrogens is 260 g/mol. The van der Waals surface area contributed by atoms with Crippen molar-refractivity contribution in [3.8, 4) is 5.75 Å². The first-order valence-electron chi connectivity index (χ1n) is 6.71. The molecule has 0 amide bonds. The maximum absolute atomic E-state index is 5.91. The topological polar surface area (TPSA) is 36.9 Å². The molecule has 0 bridgehead atoms. The van der Waals surface area contributed by atoms with Crippen LogP contribution < -0.4 is 9.92 Å². The molecule has 0 heterocycles. The minimum absolute atomic E-state index is 0.545. The Morgan fingerprint density at radius 1 is 0.947 bits per heavy atom. The van der Waals surface area contributed by atoms with Crippen LogP contribution in [0.2, 0.25) is 0 Å². The fourth-order valence-corrected chi connectivity index (χ4v) is 4.83. The number of aryl methyl sites for hydroxylation is 1. The first-order valence-corrected chi connectivity index (χ1v) is 8.43. The zero-order chi connectivity index (χ0) is 14.3. The molecule has 0 saturated heterocycles. The van der Waals surface area contributed by atoms with Crippen molar-refractivity contribution in [3.63, 3.8) is 0 Å². The van der Waals surface area contributed by atoms with Crippen molar-refractivity contribution in [2.75, 3.05) is 26.9 Å². The van der Waals surface area contributed by atoms with Crippen molar-refractivity contribution in [2.45, 2.75) is 27.7 Å². The van der Waals surface area contributed by atoms with E-state index in [-0.39, 0.29) is 0 Å². The summed E-state index contributed by atoms with van der Waals surface area (Å²) in [6.07, 6.45) is 0. The molecular formula is C14H24O4Si. The minimum atomic E-state index is -2.89. The van der Waals surface area contributed by atoms with Gasteiger partial charge in [0, 0.05) is 19.8 Å². The molecule has 0 aliphatic rings. The van der Waals surface area contributed by atoms with Crippen LogP contribution >= 0.6 is 0 Å². The van der Waals surface area contributed by atoms with Crippen LogP contribution in [0.25, 0.3) is 0 Å². The van der Waals surface area contributed by atoms with Crippen molar-refractivity contribution in [3.05, 3.63) is 23.8 Å². The summed E-state index contributed by atoms with van der Waals surface area (Å²) in [4.78, 5) is 0. The van der Waals surface area contributed by atoms with Crippen molar-refractivity contribution >= 4 is 14.0 Å². The van der Waals surface area contributed by atoms with Gasteiger partial charge in [-0.25, -0.2) is 0 Å². The first kappa shape index (κ1) is 16.2. The lowest BCUT2D eigenvalue weighted by molar-refractivity contribution is 0.0853. The average molecular weight is 284 g/mol. The molecule has 0 atom stereocenters. The maximum atomic E-state index is 5.91. The number of ether oxygens (including phenoxy) is 1. The molecule has 0 fully saturated rings. The molecule has 0 N–H and O–H groups in total. The summed E-state index contributed by atoms with van der Waals surface area (Å²) in [6.45, 7) is 9.48. The molecule has 0 aliphatic carbocycles. The van der Waals surface area contributed by atoms with E-state index in [1.807, 2.05) is 45.9 Å². The van der Waals surface area contributed by atoms with Gasteiger partial charge in [-0.15, -0.1) is 0 Å². The van der Waals surface area contributed by atoms with Crippen LogP contribution in [-0.4, -0.2) is 35.7 Å².